The third-order valence-corrected chi connectivity index (χ3v) is 3.92. The molecule has 2 N–H and O–H groups in total. The molecule has 20 heavy (non-hydrogen) atoms. The quantitative estimate of drug-likeness (QED) is 0.812. The van der Waals surface area contributed by atoms with Crippen LogP contribution >= 0.6 is 0 Å². The van der Waals surface area contributed by atoms with Crippen molar-refractivity contribution in [1.29, 1.82) is 0 Å². The molecule has 0 saturated heterocycles. The minimum Gasteiger partial charge on any atom is -0.361 e. The average molecular weight is 276 g/mol. The number of halogens is 1. The Bertz CT molecular complexity index is 553. The van der Waals surface area contributed by atoms with E-state index >= 15 is 0 Å². The lowest BCUT2D eigenvalue weighted by Crippen LogP contribution is -2.47. The minimum absolute atomic E-state index is 0.109. The summed E-state index contributed by atoms with van der Waals surface area (Å²) >= 11 is 0. The van der Waals surface area contributed by atoms with Crippen molar-refractivity contribution in [2.24, 2.45) is 0 Å². The first-order chi connectivity index (χ1) is 9.41. The lowest BCUT2D eigenvalue weighted by Gasteiger charge is -2.30. The molecule has 110 valence electrons. The van der Waals surface area contributed by atoms with Gasteiger partial charge < -0.3 is 10.3 Å². The Morgan fingerprint density at radius 2 is 2.00 bits per heavy atom. The van der Waals surface area contributed by atoms with Gasteiger partial charge in [-0.25, -0.2) is 4.39 Å². The van der Waals surface area contributed by atoms with Gasteiger partial charge in [0, 0.05) is 29.2 Å². The van der Waals surface area contributed by atoms with Crippen LogP contribution in [0.2, 0.25) is 0 Å². The summed E-state index contributed by atoms with van der Waals surface area (Å²) in [6, 6.07) is 8.43. The zero-order valence-corrected chi connectivity index (χ0v) is 12.8. The van der Waals surface area contributed by atoms with Gasteiger partial charge in [0.1, 0.15) is 5.67 Å². The van der Waals surface area contributed by atoms with E-state index < -0.39 is 5.67 Å². The monoisotopic (exact) mass is 276 g/mol. The van der Waals surface area contributed by atoms with Gasteiger partial charge in [-0.2, -0.15) is 0 Å². The van der Waals surface area contributed by atoms with Gasteiger partial charge in [-0.15, -0.1) is 0 Å². The summed E-state index contributed by atoms with van der Waals surface area (Å²) in [5.74, 6) is 0. The number of rotatable bonds is 6. The fraction of sp³-hybridized carbons (Fsp3) is 0.529. The molecule has 1 unspecified atom stereocenters. The molecule has 0 amide bonds. The summed E-state index contributed by atoms with van der Waals surface area (Å²) in [6.07, 6.45) is 3.75. The first-order valence-corrected chi connectivity index (χ1v) is 7.41. The fourth-order valence-electron chi connectivity index (χ4n) is 2.83. The number of H-pyrrole nitrogens is 1. The molecule has 1 heterocycles. The van der Waals surface area contributed by atoms with E-state index in [0.717, 1.165) is 18.4 Å². The van der Waals surface area contributed by atoms with Crippen molar-refractivity contribution in [2.45, 2.75) is 58.3 Å². The van der Waals surface area contributed by atoms with Gasteiger partial charge >= 0.3 is 0 Å². The van der Waals surface area contributed by atoms with Crippen LogP contribution in [0.1, 0.15) is 39.7 Å². The molecular formula is C17H25FN2. The Kier molecular flexibility index (Phi) is 4.48. The molecule has 3 heteroatoms. The Morgan fingerprint density at radius 1 is 1.30 bits per heavy atom. The number of hydrogen-bond acceptors (Lipinski definition) is 1. The number of alkyl halides is 1. The normalized spacial score (nSPS) is 15.4. The molecule has 2 rings (SSSR count). The predicted octanol–water partition coefficient (Wildman–Crippen LogP) is 4.22. The molecule has 1 aromatic heterocycles. The molecule has 0 aliphatic heterocycles. The van der Waals surface area contributed by atoms with E-state index in [9.17, 15) is 4.39 Å². The first kappa shape index (κ1) is 15.0. The summed E-state index contributed by atoms with van der Waals surface area (Å²) < 4.78 is 14.1. The zero-order chi connectivity index (χ0) is 14.8. The molecule has 0 fully saturated rings. The highest BCUT2D eigenvalue weighted by atomic mass is 19.1. The number of para-hydroxylation sites is 1. The van der Waals surface area contributed by atoms with Crippen LogP contribution in [0.25, 0.3) is 10.9 Å². The van der Waals surface area contributed by atoms with E-state index in [1.807, 2.05) is 13.0 Å². The van der Waals surface area contributed by atoms with Crippen molar-refractivity contribution in [3.63, 3.8) is 0 Å². The van der Waals surface area contributed by atoms with Gasteiger partial charge in [-0.1, -0.05) is 25.1 Å². The highest BCUT2D eigenvalue weighted by molar-refractivity contribution is 5.83. The largest absolute Gasteiger partial charge is 0.361 e. The number of aromatic amines is 1. The number of nitrogens with one attached hydrogen (secondary N) is 2. The molecule has 1 aromatic carbocycles. The van der Waals surface area contributed by atoms with Gasteiger partial charge in [0.05, 0.1) is 0 Å². The Labute approximate surface area is 120 Å². The highest BCUT2D eigenvalue weighted by Crippen LogP contribution is 2.21. The van der Waals surface area contributed by atoms with E-state index in [1.54, 1.807) is 13.8 Å². The number of aromatic nitrogens is 1. The third-order valence-electron chi connectivity index (χ3n) is 3.92. The van der Waals surface area contributed by atoms with Crippen LogP contribution in [0, 0.1) is 0 Å². The number of fused-ring (bicyclic) bond motifs is 1. The van der Waals surface area contributed by atoms with Gasteiger partial charge in [-0.05, 0) is 45.2 Å². The van der Waals surface area contributed by atoms with E-state index in [-0.39, 0.29) is 12.1 Å². The van der Waals surface area contributed by atoms with Gasteiger partial charge in [0.25, 0.3) is 0 Å². The number of benzene rings is 1. The van der Waals surface area contributed by atoms with Crippen molar-refractivity contribution < 1.29 is 4.39 Å². The van der Waals surface area contributed by atoms with Crippen LogP contribution in [-0.2, 0) is 6.42 Å². The molecule has 0 radical (unpaired) electrons. The first-order valence-electron chi connectivity index (χ1n) is 7.41. The molecule has 0 bridgehead atoms. The topological polar surface area (TPSA) is 27.8 Å². The lowest BCUT2D eigenvalue weighted by atomic mass is 9.96. The van der Waals surface area contributed by atoms with Gasteiger partial charge in [-0.3, -0.25) is 0 Å². The van der Waals surface area contributed by atoms with E-state index in [2.05, 4.69) is 41.6 Å². The molecule has 2 nitrogen and oxygen atoms in total. The Balaban J connectivity index is 2.06. The molecule has 0 spiro atoms. The standard InChI is InChI=1S/C17H25FN2/c1-5-16(17(3,4)18)20-12(2)10-13-11-19-15-9-7-6-8-14(13)15/h6-9,11-12,16,19-20H,5,10H2,1-4H3/t12?,16-/m1/s1. The van der Waals surface area contributed by atoms with Crippen LogP contribution in [0.4, 0.5) is 4.39 Å². The van der Waals surface area contributed by atoms with Crippen LogP contribution in [0.3, 0.4) is 0 Å². The smallest absolute Gasteiger partial charge is 0.120 e. The van der Waals surface area contributed by atoms with Crippen LogP contribution in [0.15, 0.2) is 30.5 Å². The Morgan fingerprint density at radius 3 is 2.65 bits per heavy atom. The van der Waals surface area contributed by atoms with Crippen LogP contribution in [-0.4, -0.2) is 22.7 Å². The molecule has 2 atom stereocenters. The average Bonchev–Trinajstić information content (AvgIpc) is 2.78. The van der Waals surface area contributed by atoms with Gasteiger partial charge in [0.15, 0.2) is 0 Å². The second-order valence-electron chi connectivity index (χ2n) is 6.16. The van der Waals surface area contributed by atoms with Crippen molar-refractivity contribution >= 4 is 10.9 Å². The lowest BCUT2D eigenvalue weighted by molar-refractivity contribution is 0.137. The molecule has 0 aliphatic rings. The van der Waals surface area contributed by atoms with Crippen molar-refractivity contribution in [3.8, 4) is 0 Å². The van der Waals surface area contributed by atoms with Crippen LogP contribution < -0.4 is 5.32 Å². The second-order valence-corrected chi connectivity index (χ2v) is 6.16. The van der Waals surface area contributed by atoms with E-state index in [1.165, 1.54) is 10.9 Å². The Hall–Kier alpha value is -1.35. The predicted molar refractivity (Wildman–Crippen MR) is 83.9 cm³/mol. The molecule has 2 aromatic rings. The maximum atomic E-state index is 14.1. The van der Waals surface area contributed by atoms with Crippen LogP contribution in [0.5, 0.6) is 0 Å². The SMILES string of the molecule is CC[C@@H](NC(C)Cc1c[nH]c2ccccc12)C(C)(C)F. The molecule has 0 aliphatic carbocycles. The fourth-order valence-corrected chi connectivity index (χ4v) is 2.83. The highest BCUT2D eigenvalue weighted by Gasteiger charge is 2.28. The zero-order valence-electron chi connectivity index (χ0n) is 12.8. The van der Waals surface area contributed by atoms with E-state index in [4.69, 9.17) is 0 Å². The maximum absolute atomic E-state index is 14.1. The number of hydrogen-bond donors (Lipinski definition) is 2. The van der Waals surface area contributed by atoms with Crippen molar-refractivity contribution in [3.05, 3.63) is 36.0 Å². The minimum atomic E-state index is -1.19. The van der Waals surface area contributed by atoms with Gasteiger partial charge in [0.2, 0.25) is 0 Å². The molecule has 0 saturated carbocycles. The van der Waals surface area contributed by atoms with Crippen molar-refractivity contribution in [2.75, 3.05) is 0 Å². The van der Waals surface area contributed by atoms with E-state index in [0.29, 0.717) is 0 Å². The summed E-state index contributed by atoms with van der Waals surface area (Å²) in [5, 5.41) is 4.68. The molecular weight excluding hydrogens is 251 g/mol. The van der Waals surface area contributed by atoms with Crippen molar-refractivity contribution in [1.82, 2.24) is 10.3 Å². The summed E-state index contributed by atoms with van der Waals surface area (Å²) in [7, 11) is 0. The third kappa shape index (κ3) is 3.40. The second kappa shape index (κ2) is 5.96. The summed E-state index contributed by atoms with van der Waals surface area (Å²) in [4.78, 5) is 3.29. The summed E-state index contributed by atoms with van der Waals surface area (Å²) in [6.45, 7) is 7.44. The summed E-state index contributed by atoms with van der Waals surface area (Å²) in [5.41, 5.74) is 1.25. The maximum Gasteiger partial charge on any atom is 0.120 e.